The normalized spacial score (nSPS) is 26.2. The molecule has 3 heterocycles. The Kier molecular flexibility index (Phi) is 4.30. The maximum atomic E-state index is 13.5. The van der Waals surface area contributed by atoms with Crippen molar-refractivity contribution in [1.82, 2.24) is 10.0 Å². The number of rotatable bonds is 4. The van der Waals surface area contributed by atoms with Gasteiger partial charge in [-0.3, -0.25) is 19.7 Å². The second kappa shape index (κ2) is 6.89. The monoisotopic (exact) mass is 408 g/mol. The number of methoxy groups -OCH3 is 1. The minimum Gasteiger partial charge on any atom is -0.497 e. The fourth-order valence-electron chi connectivity index (χ4n) is 4.92. The summed E-state index contributed by atoms with van der Waals surface area (Å²) < 4.78 is 5.16. The first-order valence-electron chi connectivity index (χ1n) is 9.80. The third-order valence-corrected chi connectivity index (χ3v) is 6.16. The molecule has 30 heavy (non-hydrogen) atoms. The van der Waals surface area contributed by atoms with E-state index in [0.29, 0.717) is 30.1 Å². The molecule has 3 unspecified atom stereocenters. The molecule has 0 bridgehead atoms. The molecule has 3 fully saturated rings. The molecule has 3 aliphatic heterocycles. The molecule has 0 N–H and O–H groups in total. The van der Waals surface area contributed by atoms with Gasteiger partial charge >= 0.3 is 0 Å². The van der Waals surface area contributed by atoms with Crippen LogP contribution in [0.15, 0.2) is 48.5 Å². The van der Waals surface area contributed by atoms with Crippen molar-refractivity contribution in [3.8, 4) is 5.75 Å². The second-order valence-electron chi connectivity index (χ2n) is 7.66. The number of anilines is 1. The molecule has 3 saturated heterocycles. The highest BCUT2D eigenvalue weighted by Crippen LogP contribution is 2.49. The van der Waals surface area contributed by atoms with Crippen LogP contribution in [0.1, 0.15) is 18.0 Å². The van der Waals surface area contributed by atoms with Crippen LogP contribution in [0.5, 0.6) is 5.75 Å². The molecule has 154 valence electrons. The lowest BCUT2D eigenvalue weighted by Gasteiger charge is -2.29. The van der Waals surface area contributed by atoms with Gasteiger partial charge in [-0.05, 0) is 36.2 Å². The van der Waals surface area contributed by atoms with E-state index in [9.17, 15) is 19.7 Å². The van der Waals surface area contributed by atoms with Crippen LogP contribution in [0.4, 0.5) is 11.4 Å². The smallest absolute Gasteiger partial charge is 0.269 e. The van der Waals surface area contributed by atoms with Crippen molar-refractivity contribution in [3.05, 3.63) is 64.2 Å². The summed E-state index contributed by atoms with van der Waals surface area (Å²) in [4.78, 5) is 38.9. The average molecular weight is 408 g/mol. The molecule has 2 aromatic carbocycles. The van der Waals surface area contributed by atoms with Gasteiger partial charge in [0.1, 0.15) is 11.8 Å². The minimum absolute atomic E-state index is 0.0227. The Morgan fingerprint density at radius 3 is 2.37 bits per heavy atom. The number of carbonyl (C=O) groups is 2. The van der Waals surface area contributed by atoms with E-state index in [-0.39, 0.29) is 17.5 Å². The van der Waals surface area contributed by atoms with Crippen molar-refractivity contribution in [3.63, 3.8) is 0 Å². The predicted octanol–water partition coefficient (Wildman–Crippen LogP) is 2.14. The number of hydrogen-bond acceptors (Lipinski definition) is 7. The molecule has 2 aromatic rings. The number of ether oxygens (including phenoxy) is 1. The summed E-state index contributed by atoms with van der Waals surface area (Å²) in [5.41, 5.74) is 1.16. The van der Waals surface area contributed by atoms with E-state index < -0.39 is 22.9 Å². The third kappa shape index (κ3) is 2.62. The maximum Gasteiger partial charge on any atom is 0.269 e. The summed E-state index contributed by atoms with van der Waals surface area (Å²) in [5.74, 6) is -0.504. The van der Waals surface area contributed by atoms with Crippen molar-refractivity contribution < 1.29 is 19.2 Å². The Balaban J connectivity index is 1.56. The van der Waals surface area contributed by atoms with Gasteiger partial charge in [-0.25, -0.2) is 14.9 Å². The fraction of sp³-hybridized carbons (Fsp3) is 0.333. The Bertz CT molecular complexity index is 1040. The topological polar surface area (TPSA) is 96.2 Å². The maximum absolute atomic E-state index is 13.5. The summed E-state index contributed by atoms with van der Waals surface area (Å²) >= 11 is 0. The number of nitrogens with zero attached hydrogens (tertiary/aromatic N) is 4. The SMILES string of the molecule is COc1ccc(N2C(=O)C3C(C2=O)N2CCCN2C3c2cccc([N+](=O)[O-])c2)cc1. The number of hydrazine groups is 1. The number of benzene rings is 2. The molecule has 3 atom stereocenters. The Labute approximate surface area is 172 Å². The molecular weight excluding hydrogens is 388 g/mol. The summed E-state index contributed by atoms with van der Waals surface area (Å²) in [5, 5.41) is 15.3. The first-order chi connectivity index (χ1) is 14.5. The number of amides is 2. The molecule has 0 saturated carbocycles. The summed E-state index contributed by atoms with van der Waals surface area (Å²) in [6.07, 6.45) is 0.874. The molecular formula is C21H20N4O5. The Hall–Kier alpha value is -3.30. The van der Waals surface area contributed by atoms with E-state index in [1.54, 1.807) is 43.5 Å². The number of nitro groups is 1. The molecule has 3 aliphatic rings. The summed E-state index contributed by atoms with van der Waals surface area (Å²) in [6.45, 7) is 1.39. The van der Waals surface area contributed by atoms with E-state index in [2.05, 4.69) is 0 Å². The van der Waals surface area contributed by atoms with E-state index >= 15 is 0 Å². The fourth-order valence-corrected chi connectivity index (χ4v) is 4.92. The van der Waals surface area contributed by atoms with Gasteiger partial charge in [0.15, 0.2) is 0 Å². The minimum atomic E-state index is -0.609. The third-order valence-electron chi connectivity index (χ3n) is 6.16. The van der Waals surface area contributed by atoms with Gasteiger partial charge < -0.3 is 4.74 Å². The van der Waals surface area contributed by atoms with Crippen molar-refractivity contribution in [2.24, 2.45) is 5.92 Å². The van der Waals surface area contributed by atoms with E-state index in [1.807, 2.05) is 10.0 Å². The van der Waals surface area contributed by atoms with Crippen LogP contribution in [-0.2, 0) is 9.59 Å². The van der Waals surface area contributed by atoms with Crippen LogP contribution in [0.25, 0.3) is 0 Å². The van der Waals surface area contributed by atoms with Crippen LogP contribution >= 0.6 is 0 Å². The van der Waals surface area contributed by atoms with Crippen LogP contribution in [0, 0.1) is 16.0 Å². The van der Waals surface area contributed by atoms with Gasteiger partial charge in [-0.2, -0.15) is 0 Å². The van der Waals surface area contributed by atoms with Crippen molar-refractivity contribution in [2.45, 2.75) is 18.5 Å². The van der Waals surface area contributed by atoms with Gasteiger partial charge in [0, 0.05) is 25.2 Å². The molecule has 0 radical (unpaired) electrons. The Morgan fingerprint density at radius 1 is 1.00 bits per heavy atom. The summed E-state index contributed by atoms with van der Waals surface area (Å²) in [6, 6.07) is 12.2. The lowest BCUT2D eigenvalue weighted by molar-refractivity contribution is -0.385. The molecule has 9 heteroatoms. The first kappa shape index (κ1) is 18.7. The van der Waals surface area contributed by atoms with Crippen molar-refractivity contribution >= 4 is 23.2 Å². The zero-order valence-electron chi connectivity index (χ0n) is 16.3. The second-order valence-corrected chi connectivity index (χ2v) is 7.66. The molecule has 5 rings (SSSR count). The van der Waals surface area contributed by atoms with Crippen LogP contribution in [-0.4, -0.2) is 53.0 Å². The average Bonchev–Trinajstić information content (AvgIpc) is 3.40. The standard InChI is InChI=1S/C21H20N4O5/c1-30-16-8-6-14(7-9-16)24-20(26)17-18(13-4-2-5-15(12-13)25(28)29)22-10-3-11-23(22)19(17)21(24)27/h2,4-9,12,17-19H,3,10-11H2,1H3. The molecule has 9 nitrogen and oxygen atoms in total. The Morgan fingerprint density at radius 2 is 1.70 bits per heavy atom. The highest BCUT2D eigenvalue weighted by atomic mass is 16.6. The largest absolute Gasteiger partial charge is 0.497 e. The number of hydrogen-bond donors (Lipinski definition) is 0. The highest BCUT2D eigenvalue weighted by Gasteiger charge is 2.62. The van der Waals surface area contributed by atoms with Crippen molar-refractivity contribution in [1.29, 1.82) is 0 Å². The first-order valence-corrected chi connectivity index (χ1v) is 9.80. The van der Waals surface area contributed by atoms with Gasteiger partial charge in [-0.1, -0.05) is 12.1 Å². The molecule has 0 aromatic heterocycles. The highest BCUT2D eigenvalue weighted by molar-refractivity contribution is 6.24. The van der Waals surface area contributed by atoms with Crippen LogP contribution in [0.3, 0.4) is 0 Å². The van der Waals surface area contributed by atoms with E-state index in [4.69, 9.17) is 4.74 Å². The zero-order chi connectivity index (χ0) is 21.0. The van der Waals surface area contributed by atoms with E-state index in [1.165, 1.54) is 17.0 Å². The van der Waals surface area contributed by atoms with Gasteiger partial charge in [-0.15, -0.1) is 0 Å². The van der Waals surface area contributed by atoms with Crippen LogP contribution in [0.2, 0.25) is 0 Å². The predicted molar refractivity (Wildman–Crippen MR) is 107 cm³/mol. The van der Waals surface area contributed by atoms with Gasteiger partial charge in [0.05, 0.1) is 29.7 Å². The molecule has 2 amide bonds. The molecule has 0 aliphatic carbocycles. The number of nitro benzene ring substituents is 1. The van der Waals surface area contributed by atoms with E-state index in [0.717, 1.165) is 6.42 Å². The number of non-ortho nitro benzene ring substituents is 1. The number of imide groups is 1. The van der Waals surface area contributed by atoms with Gasteiger partial charge in [0.2, 0.25) is 5.91 Å². The number of fused-ring (bicyclic) bond motifs is 3. The van der Waals surface area contributed by atoms with Crippen molar-refractivity contribution in [2.75, 3.05) is 25.1 Å². The molecule has 0 spiro atoms. The lowest BCUT2D eigenvalue weighted by atomic mass is 9.89. The van der Waals surface area contributed by atoms with Crippen LogP contribution < -0.4 is 9.64 Å². The zero-order valence-corrected chi connectivity index (χ0v) is 16.3. The number of carbonyl (C=O) groups excluding carboxylic acids is 2. The van der Waals surface area contributed by atoms with Gasteiger partial charge in [0.25, 0.3) is 11.6 Å². The quantitative estimate of drug-likeness (QED) is 0.434. The lowest BCUT2D eigenvalue weighted by Crippen LogP contribution is -2.44. The summed E-state index contributed by atoms with van der Waals surface area (Å²) in [7, 11) is 1.55.